The third-order valence-corrected chi connectivity index (χ3v) is 4.59. The molecule has 118 valence electrons. The number of Topliss-reactive ketones (excluding diaryl/α,β-unsaturated/α-hetero) is 1. The lowest BCUT2D eigenvalue weighted by Crippen LogP contribution is -2.47. The lowest BCUT2D eigenvalue weighted by atomic mass is 9.92. The van der Waals surface area contributed by atoms with Crippen molar-refractivity contribution in [1.29, 1.82) is 0 Å². The summed E-state index contributed by atoms with van der Waals surface area (Å²) in [6.45, 7) is 1.61. The van der Waals surface area contributed by atoms with E-state index in [0.29, 0.717) is 25.0 Å². The third-order valence-electron chi connectivity index (χ3n) is 4.59. The molecule has 1 fully saturated rings. The van der Waals surface area contributed by atoms with Gasteiger partial charge in [0.1, 0.15) is 5.78 Å². The molecule has 0 saturated carbocycles. The van der Waals surface area contributed by atoms with Crippen LogP contribution in [0.2, 0.25) is 0 Å². The minimum absolute atomic E-state index is 0.183. The van der Waals surface area contributed by atoms with Crippen molar-refractivity contribution in [3.8, 4) is 0 Å². The second-order valence-corrected chi connectivity index (χ2v) is 5.96. The minimum atomic E-state index is 0.183. The van der Waals surface area contributed by atoms with Gasteiger partial charge in [0.25, 0.3) is 0 Å². The number of hydrogen-bond acceptors (Lipinski definition) is 5. The van der Waals surface area contributed by atoms with E-state index in [1.165, 1.54) is 5.57 Å². The first kappa shape index (κ1) is 15.0. The van der Waals surface area contributed by atoms with E-state index in [9.17, 15) is 9.59 Å². The van der Waals surface area contributed by atoms with Gasteiger partial charge in [0.15, 0.2) is 11.7 Å². The number of nitrogens with one attached hydrogen (secondary N) is 1. The minimum Gasteiger partial charge on any atom is -0.483 e. The maximum atomic E-state index is 11.5. The maximum Gasteiger partial charge on any atom is 0.186 e. The topological polar surface area (TPSA) is 58.6 Å². The largest absolute Gasteiger partial charge is 0.483 e. The van der Waals surface area contributed by atoms with Crippen LogP contribution in [0, 0.1) is 0 Å². The molecular formula is C17H22N2O3. The smallest absolute Gasteiger partial charge is 0.186 e. The van der Waals surface area contributed by atoms with Crippen LogP contribution in [-0.4, -0.2) is 42.7 Å². The van der Waals surface area contributed by atoms with E-state index in [2.05, 4.69) is 16.3 Å². The fraction of sp³-hybridized carbons (Fsp3) is 0.529. The van der Waals surface area contributed by atoms with Crippen molar-refractivity contribution in [2.45, 2.75) is 38.1 Å². The van der Waals surface area contributed by atoms with Crippen LogP contribution in [0.25, 0.3) is 0 Å². The SMILES string of the molecule is COC1=CCC(N2CCC(=O)CC2)C(=C2C=CC(=O)CC2)N1. The molecule has 5 heteroatoms. The molecule has 1 saturated heterocycles. The van der Waals surface area contributed by atoms with Gasteiger partial charge in [-0.1, -0.05) is 6.08 Å². The number of likely N-dealkylation sites (tertiary alicyclic amines) is 1. The van der Waals surface area contributed by atoms with Crippen LogP contribution in [0.1, 0.15) is 32.1 Å². The fourth-order valence-electron chi connectivity index (χ4n) is 3.29. The Bertz CT molecular complexity index is 564. The van der Waals surface area contributed by atoms with Crippen molar-refractivity contribution in [1.82, 2.24) is 10.2 Å². The highest BCUT2D eigenvalue weighted by Crippen LogP contribution is 2.28. The Kier molecular flexibility index (Phi) is 4.43. The van der Waals surface area contributed by atoms with Gasteiger partial charge in [-0.25, -0.2) is 0 Å². The van der Waals surface area contributed by atoms with Gasteiger partial charge in [-0.2, -0.15) is 0 Å². The second kappa shape index (κ2) is 6.48. The van der Waals surface area contributed by atoms with Crippen LogP contribution in [0.4, 0.5) is 0 Å². The lowest BCUT2D eigenvalue weighted by molar-refractivity contribution is -0.121. The summed E-state index contributed by atoms with van der Waals surface area (Å²) in [5.74, 6) is 1.30. The van der Waals surface area contributed by atoms with Gasteiger partial charge in [-0.05, 0) is 30.6 Å². The molecular weight excluding hydrogens is 280 g/mol. The molecule has 1 atom stereocenters. The molecule has 0 spiro atoms. The Morgan fingerprint density at radius 2 is 1.91 bits per heavy atom. The Morgan fingerprint density at radius 1 is 1.14 bits per heavy atom. The highest BCUT2D eigenvalue weighted by atomic mass is 16.5. The number of allylic oxidation sites excluding steroid dienone is 3. The quantitative estimate of drug-likeness (QED) is 0.841. The maximum absolute atomic E-state index is 11.5. The molecule has 0 radical (unpaired) electrons. The molecule has 2 heterocycles. The lowest BCUT2D eigenvalue weighted by Gasteiger charge is -2.38. The normalized spacial score (nSPS) is 30.0. The zero-order valence-corrected chi connectivity index (χ0v) is 12.9. The molecule has 0 aromatic carbocycles. The third kappa shape index (κ3) is 3.14. The number of rotatable bonds is 2. The molecule has 22 heavy (non-hydrogen) atoms. The first-order valence-corrected chi connectivity index (χ1v) is 7.88. The number of carbonyl (C=O) groups excluding carboxylic acids is 2. The van der Waals surface area contributed by atoms with Crippen LogP contribution < -0.4 is 5.32 Å². The molecule has 0 aromatic rings. The number of ketones is 2. The van der Waals surface area contributed by atoms with Crippen molar-refractivity contribution >= 4 is 11.6 Å². The highest BCUT2D eigenvalue weighted by Gasteiger charge is 2.30. The van der Waals surface area contributed by atoms with E-state index in [1.807, 2.05) is 6.08 Å². The molecule has 3 aliphatic rings. The van der Waals surface area contributed by atoms with E-state index in [1.54, 1.807) is 13.2 Å². The summed E-state index contributed by atoms with van der Waals surface area (Å²) in [4.78, 5) is 25.3. The van der Waals surface area contributed by atoms with Crippen LogP contribution >= 0.6 is 0 Å². The van der Waals surface area contributed by atoms with Crippen LogP contribution in [0.3, 0.4) is 0 Å². The van der Waals surface area contributed by atoms with Gasteiger partial charge in [-0.3, -0.25) is 14.5 Å². The van der Waals surface area contributed by atoms with Crippen LogP contribution in [-0.2, 0) is 14.3 Å². The van der Waals surface area contributed by atoms with Gasteiger partial charge in [0.05, 0.1) is 13.2 Å². The molecule has 0 amide bonds. The van der Waals surface area contributed by atoms with Crippen molar-refractivity contribution in [3.05, 3.63) is 35.4 Å². The molecule has 1 aliphatic carbocycles. The first-order valence-electron chi connectivity index (χ1n) is 7.88. The average molecular weight is 302 g/mol. The van der Waals surface area contributed by atoms with E-state index in [4.69, 9.17) is 4.74 Å². The van der Waals surface area contributed by atoms with Crippen molar-refractivity contribution in [2.24, 2.45) is 0 Å². The van der Waals surface area contributed by atoms with Gasteiger partial charge in [0.2, 0.25) is 0 Å². The average Bonchev–Trinajstić information content (AvgIpc) is 2.56. The van der Waals surface area contributed by atoms with E-state index < -0.39 is 0 Å². The zero-order valence-electron chi connectivity index (χ0n) is 12.9. The number of nitrogens with zero attached hydrogens (tertiary/aromatic N) is 1. The highest BCUT2D eigenvalue weighted by molar-refractivity contribution is 5.91. The summed E-state index contributed by atoms with van der Waals surface area (Å²) in [5.41, 5.74) is 2.29. The molecule has 1 N–H and O–H groups in total. The fourth-order valence-corrected chi connectivity index (χ4v) is 3.29. The van der Waals surface area contributed by atoms with Gasteiger partial charge >= 0.3 is 0 Å². The summed E-state index contributed by atoms with van der Waals surface area (Å²) in [5, 5.41) is 3.38. The van der Waals surface area contributed by atoms with Crippen LogP contribution in [0.15, 0.2) is 35.4 Å². The van der Waals surface area contributed by atoms with Crippen molar-refractivity contribution in [3.63, 3.8) is 0 Å². The molecule has 2 aliphatic heterocycles. The van der Waals surface area contributed by atoms with Gasteiger partial charge in [-0.15, -0.1) is 0 Å². The molecule has 5 nitrogen and oxygen atoms in total. The van der Waals surface area contributed by atoms with E-state index >= 15 is 0 Å². The number of hydrogen-bond donors (Lipinski definition) is 1. The Balaban J connectivity index is 1.87. The summed E-state index contributed by atoms with van der Waals surface area (Å²) in [6.07, 6.45) is 9.10. The standard InChI is InChI=1S/C17H22N2O3/c1-22-16-7-6-15(19-10-8-14(21)9-11-19)17(18-16)12-2-4-13(20)5-3-12/h2,4,7,15,18H,3,5-6,8-11H2,1H3. The summed E-state index contributed by atoms with van der Waals surface area (Å²) in [7, 11) is 1.65. The van der Waals surface area contributed by atoms with E-state index in [-0.39, 0.29) is 11.8 Å². The van der Waals surface area contributed by atoms with Gasteiger partial charge in [0, 0.05) is 38.0 Å². The Morgan fingerprint density at radius 3 is 2.55 bits per heavy atom. The first-order chi connectivity index (χ1) is 10.7. The van der Waals surface area contributed by atoms with Crippen molar-refractivity contribution < 1.29 is 14.3 Å². The number of ether oxygens (including phenoxy) is 1. The monoisotopic (exact) mass is 302 g/mol. The van der Waals surface area contributed by atoms with Crippen molar-refractivity contribution in [2.75, 3.05) is 20.2 Å². The molecule has 1 unspecified atom stereocenters. The molecule has 0 aromatic heterocycles. The zero-order chi connectivity index (χ0) is 15.5. The number of methoxy groups -OCH3 is 1. The summed E-state index contributed by atoms with van der Waals surface area (Å²) < 4.78 is 5.34. The van der Waals surface area contributed by atoms with Gasteiger partial charge < -0.3 is 10.1 Å². The summed E-state index contributed by atoms with van der Waals surface area (Å²) in [6, 6.07) is 0.236. The Hall–Kier alpha value is -1.88. The predicted molar refractivity (Wildman–Crippen MR) is 82.9 cm³/mol. The van der Waals surface area contributed by atoms with Crippen LogP contribution in [0.5, 0.6) is 0 Å². The number of carbonyl (C=O) groups is 2. The summed E-state index contributed by atoms with van der Waals surface area (Å²) >= 11 is 0. The predicted octanol–water partition coefficient (Wildman–Crippen LogP) is 1.67. The Labute approximate surface area is 130 Å². The van der Waals surface area contributed by atoms with E-state index in [0.717, 1.165) is 37.5 Å². The molecule has 3 rings (SSSR count). The molecule has 0 bridgehead atoms. The number of piperidine rings is 1. The second-order valence-electron chi connectivity index (χ2n) is 5.96.